The smallest absolute Gasteiger partial charge is 0.270 e. The number of aromatic nitrogens is 2. The molecule has 0 aliphatic heterocycles. The van der Waals surface area contributed by atoms with Gasteiger partial charge in [-0.15, -0.1) is 0 Å². The van der Waals surface area contributed by atoms with Crippen molar-refractivity contribution in [3.8, 4) is 0 Å². The molecule has 2 heterocycles. The van der Waals surface area contributed by atoms with Crippen LogP contribution in [0.15, 0.2) is 42.9 Å². The maximum atomic E-state index is 12.2. The molecule has 0 bridgehead atoms. The molecule has 1 atom stereocenters. The van der Waals surface area contributed by atoms with Crippen LogP contribution in [-0.2, 0) is 0 Å². The highest BCUT2D eigenvalue weighted by Crippen LogP contribution is 2.31. The van der Waals surface area contributed by atoms with Crippen molar-refractivity contribution in [1.82, 2.24) is 15.3 Å². The largest absolute Gasteiger partial charge is 0.378 e. The van der Waals surface area contributed by atoms with Crippen molar-refractivity contribution in [2.75, 3.05) is 5.32 Å². The maximum Gasteiger partial charge on any atom is 0.270 e. The zero-order valence-corrected chi connectivity index (χ0v) is 15.7. The molecule has 134 valence electrons. The third kappa shape index (κ3) is 6.18. The molecular weight excluding hydrogens is 312 g/mol. The molecular formula is C20H28N4O. The quantitative estimate of drug-likeness (QED) is 0.827. The van der Waals surface area contributed by atoms with Gasteiger partial charge in [0.2, 0.25) is 0 Å². The van der Waals surface area contributed by atoms with E-state index in [1.165, 1.54) is 0 Å². The van der Waals surface area contributed by atoms with Gasteiger partial charge in [-0.1, -0.05) is 26.8 Å². The van der Waals surface area contributed by atoms with Gasteiger partial charge >= 0.3 is 0 Å². The molecule has 0 aromatic carbocycles. The van der Waals surface area contributed by atoms with E-state index >= 15 is 0 Å². The van der Waals surface area contributed by atoms with E-state index in [4.69, 9.17) is 0 Å². The van der Waals surface area contributed by atoms with Gasteiger partial charge in [0.25, 0.3) is 5.91 Å². The summed E-state index contributed by atoms with van der Waals surface area (Å²) in [5.74, 6) is -0.160. The van der Waals surface area contributed by atoms with E-state index in [2.05, 4.69) is 47.4 Å². The lowest BCUT2D eigenvalue weighted by molar-refractivity contribution is 0.0938. The van der Waals surface area contributed by atoms with Gasteiger partial charge < -0.3 is 10.6 Å². The SMILES string of the molecule is CC(C)NC(=O)c1cc(N[C@H](CC(C)(C)C)c2cccnc2)ccn1. The molecule has 2 aromatic heterocycles. The third-order valence-corrected chi connectivity index (χ3v) is 3.66. The molecule has 1 amide bonds. The van der Waals surface area contributed by atoms with Crippen molar-refractivity contribution in [3.63, 3.8) is 0 Å². The predicted molar refractivity (Wildman–Crippen MR) is 102 cm³/mol. The monoisotopic (exact) mass is 340 g/mol. The first-order valence-electron chi connectivity index (χ1n) is 8.68. The van der Waals surface area contributed by atoms with Crippen LogP contribution in [-0.4, -0.2) is 21.9 Å². The van der Waals surface area contributed by atoms with E-state index in [1.807, 2.05) is 32.2 Å². The Hall–Kier alpha value is -2.43. The standard InChI is InChI=1S/C20H28N4O/c1-14(2)23-19(25)17-11-16(8-10-22-17)24-18(12-20(3,4)5)15-7-6-9-21-13-15/h6-11,13-14,18H,12H2,1-5H3,(H,22,24)(H,23,25)/t18-/m1/s1. The van der Waals surface area contributed by atoms with Crippen molar-refractivity contribution in [1.29, 1.82) is 0 Å². The van der Waals surface area contributed by atoms with E-state index in [-0.39, 0.29) is 23.4 Å². The van der Waals surface area contributed by atoms with E-state index in [1.54, 1.807) is 18.5 Å². The fraction of sp³-hybridized carbons (Fsp3) is 0.450. The van der Waals surface area contributed by atoms with E-state index in [9.17, 15) is 4.79 Å². The van der Waals surface area contributed by atoms with Gasteiger partial charge in [0.1, 0.15) is 5.69 Å². The molecule has 0 radical (unpaired) electrons. The zero-order valence-electron chi connectivity index (χ0n) is 15.7. The van der Waals surface area contributed by atoms with E-state index < -0.39 is 0 Å². The molecule has 25 heavy (non-hydrogen) atoms. The molecule has 0 saturated heterocycles. The van der Waals surface area contributed by atoms with Crippen molar-refractivity contribution in [3.05, 3.63) is 54.1 Å². The summed E-state index contributed by atoms with van der Waals surface area (Å²) in [6, 6.07) is 7.89. The van der Waals surface area contributed by atoms with Crippen LogP contribution in [0.3, 0.4) is 0 Å². The van der Waals surface area contributed by atoms with Crippen LogP contribution in [0.5, 0.6) is 0 Å². The number of amides is 1. The van der Waals surface area contributed by atoms with Gasteiger partial charge in [-0.2, -0.15) is 0 Å². The Balaban J connectivity index is 2.22. The highest BCUT2D eigenvalue weighted by atomic mass is 16.1. The number of nitrogens with zero attached hydrogens (tertiary/aromatic N) is 2. The fourth-order valence-corrected chi connectivity index (χ4v) is 2.63. The van der Waals surface area contributed by atoms with Crippen LogP contribution >= 0.6 is 0 Å². The lowest BCUT2D eigenvalue weighted by atomic mass is 9.85. The van der Waals surface area contributed by atoms with Crippen LogP contribution < -0.4 is 10.6 Å². The minimum atomic E-state index is -0.160. The summed E-state index contributed by atoms with van der Waals surface area (Å²) in [6.45, 7) is 10.5. The Morgan fingerprint density at radius 3 is 2.56 bits per heavy atom. The van der Waals surface area contributed by atoms with Crippen molar-refractivity contribution in [2.45, 2.75) is 53.1 Å². The van der Waals surface area contributed by atoms with Crippen molar-refractivity contribution >= 4 is 11.6 Å². The molecule has 5 heteroatoms. The molecule has 0 aliphatic rings. The number of pyridine rings is 2. The summed E-state index contributed by atoms with van der Waals surface area (Å²) in [7, 11) is 0. The molecule has 0 spiro atoms. The average molecular weight is 340 g/mol. The summed E-state index contributed by atoms with van der Waals surface area (Å²) < 4.78 is 0. The molecule has 0 unspecified atom stereocenters. The normalized spacial score (nSPS) is 12.7. The molecule has 2 N–H and O–H groups in total. The summed E-state index contributed by atoms with van der Waals surface area (Å²) in [4.78, 5) is 20.6. The number of hydrogen-bond donors (Lipinski definition) is 2. The molecule has 2 rings (SSSR count). The Kier molecular flexibility index (Phi) is 6.12. The second-order valence-electron chi connectivity index (χ2n) is 7.81. The van der Waals surface area contributed by atoms with Gasteiger partial charge in [0.05, 0.1) is 6.04 Å². The van der Waals surface area contributed by atoms with Crippen LogP contribution in [0.2, 0.25) is 0 Å². The predicted octanol–water partition coefficient (Wildman–Crippen LogP) is 4.20. The van der Waals surface area contributed by atoms with Gasteiger partial charge in [-0.25, -0.2) is 0 Å². The lowest BCUT2D eigenvalue weighted by Gasteiger charge is -2.28. The Bertz CT molecular complexity index is 692. The minimum absolute atomic E-state index is 0.0787. The summed E-state index contributed by atoms with van der Waals surface area (Å²) in [5.41, 5.74) is 2.57. The second kappa shape index (κ2) is 8.10. The Morgan fingerprint density at radius 1 is 1.20 bits per heavy atom. The Morgan fingerprint density at radius 2 is 1.96 bits per heavy atom. The summed E-state index contributed by atoms with van der Waals surface area (Å²) >= 11 is 0. The Labute approximate surface area is 150 Å². The highest BCUT2D eigenvalue weighted by Gasteiger charge is 2.21. The van der Waals surface area contributed by atoms with Crippen LogP contribution in [0.1, 0.15) is 63.1 Å². The van der Waals surface area contributed by atoms with E-state index in [0.29, 0.717) is 5.69 Å². The second-order valence-corrected chi connectivity index (χ2v) is 7.81. The number of rotatable bonds is 6. The average Bonchev–Trinajstić information content (AvgIpc) is 2.53. The first kappa shape index (κ1) is 18.9. The van der Waals surface area contributed by atoms with Gasteiger partial charge in [0.15, 0.2) is 0 Å². The number of hydrogen-bond acceptors (Lipinski definition) is 4. The fourth-order valence-electron chi connectivity index (χ4n) is 2.63. The molecule has 2 aromatic rings. The van der Waals surface area contributed by atoms with E-state index in [0.717, 1.165) is 17.7 Å². The number of nitrogens with one attached hydrogen (secondary N) is 2. The molecule has 5 nitrogen and oxygen atoms in total. The first-order valence-corrected chi connectivity index (χ1v) is 8.68. The molecule has 0 aliphatic carbocycles. The molecule has 0 saturated carbocycles. The molecule has 0 fully saturated rings. The number of carbonyl (C=O) groups excluding carboxylic acids is 1. The van der Waals surface area contributed by atoms with Crippen LogP contribution in [0, 0.1) is 5.41 Å². The number of anilines is 1. The van der Waals surface area contributed by atoms with Gasteiger partial charge in [-0.05, 0) is 49.4 Å². The summed E-state index contributed by atoms with van der Waals surface area (Å²) in [6.07, 6.45) is 6.26. The van der Waals surface area contributed by atoms with Crippen LogP contribution in [0.25, 0.3) is 0 Å². The minimum Gasteiger partial charge on any atom is -0.378 e. The highest BCUT2D eigenvalue weighted by molar-refractivity contribution is 5.93. The lowest BCUT2D eigenvalue weighted by Crippen LogP contribution is -2.30. The zero-order chi connectivity index (χ0) is 18.4. The van der Waals surface area contributed by atoms with Gasteiger partial charge in [-0.3, -0.25) is 14.8 Å². The maximum absolute atomic E-state index is 12.2. The van der Waals surface area contributed by atoms with Crippen molar-refractivity contribution < 1.29 is 4.79 Å². The first-order chi connectivity index (χ1) is 11.7. The van der Waals surface area contributed by atoms with Crippen molar-refractivity contribution in [2.24, 2.45) is 5.41 Å². The van der Waals surface area contributed by atoms with Gasteiger partial charge in [0, 0.05) is 30.3 Å². The summed E-state index contributed by atoms with van der Waals surface area (Å²) in [5, 5.41) is 6.41. The van der Waals surface area contributed by atoms with Crippen LogP contribution in [0.4, 0.5) is 5.69 Å². The number of carbonyl (C=O) groups is 1. The third-order valence-electron chi connectivity index (χ3n) is 3.66. The topological polar surface area (TPSA) is 66.9 Å².